The van der Waals surface area contributed by atoms with Gasteiger partial charge in [-0.15, -0.1) is 0 Å². The van der Waals surface area contributed by atoms with Crippen LogP contribution in [0.15, 0.2) is 0 Å². The Labute approximate surface area is 130 Å². The highest BCUT2D eigenvalue weighted by Gasteiger charge is 2.33. The normalized spacial score (nSPS) is 24.7. The van der Waals surface area contributed by atoms with Crippen LogP contribution in [-0.4, -0.2) is 11.7 Å². The minimum atomic E-state index is -1.15. The maximum Gasteiger partial charge on any atom is 0.204 e. The van der Waals surface area contributed by atoms with Gasteiger partial charge in [0, 0.05) is 11.1 Å². The van der Waals surface area contributed by atoms with Gasteiger partial charge >= 0.3 is 0 Å². The zero-order valence-electron chi connectivity index (χ0n) is 13.1. The molecular formula is C18H24F2O2. The molecule has 1 aromatic rings. The third-order valence-electron chi connectivity index (χ3n) is 5.22. The van der Waals surface area contributed by atoms with E-state index in [2.05, 4.69) is 6.92 Å². The van der Waals surface area contributed by atoms with Crippen LogP contribution < -0.4 is 4.74 Å². The summed E-state index contributed by atoms with van der Waals surface area (Å²) in [7, 11) is 0. The number of benzene rings is 1. The van der Waals surface area contributed by atoms with Crippen LogP contribution >= 0.6 is 0 Å². The number of aromatic hydroxyl groups is 1. The standard InChI is InChI=1S/C18H24F2O2/c1-2-4-11-6-8-12(9-7-11)14-13-5-3-10-22-18(13)16(20)15(19)17(14)21/h11-12,21H,2-10H2,1H3. The molecule has 3 rings (SSSR count). The van der Waals surface area contributed by atoms with Gasteiger partial charge in [0.1, 0.15) is 0 Å². The number of rotatable bonds is 3. The molecule has 4 heteroatoms. The molecule has 0 saturated heterocycles. The zero-order valence-corrected chi connectivity index (χ0v) is 13.1. The fourth-order valence-electron chi connectivity index (χ4n) is 4.13. The molecule has 0 unspecified atom stereocenters. The second kappa shape index (κ2) is 6.43. The van der Waals surface area contributed by atoms with Gasteiger partial charge in [-0.25, -0.2) is 0 Å². The van der Waals surface area contributed by atoms with Crippen LogP contribution in [0, 0.1) is 17.6 Å². The molecule has 1 N–H and O–H groups in total. The second-order valence-electron chi connectivity index (χ2n) is 6.66. The summed E-state index contributed by atoms with van der Waals surface area (Å²) in [5.41, 5.74) is 1.31. The number of hydrogen-bond acceptors (Lipinski definition) is 2. The van der Waals surface area contributed by atoms with E-state index in [-0.39, 0.29) is 11.7 Å². The highest BCUT2D eigenvalue weighted by atomic mass is 19.2. The Morgan fingerprint density at radius 3 is 2.55 bits per heavy atom. The third kappa shape index (κ3) is 2.68. The lowest BCUT2D eigenvalue weighted by Gasteiger charge is -2.32. The maximum atomic E-state index is 14.0. The molecule has 1 fully saturated rings. The van der Waals surface area contributed by atoms with Crippen LogP contribution in [0.1, 0.15) is 68.9 Å². The van der Waals surface area contributed by atoms with Gasteiger partial charge in [-0.05, 0) is 50.4 Å². The molecule has 1 aliphatic heterocycles. The minimum absolute atomic E-state index is 0.0345. The Hall–Kier alpha value is -1.32. The Kier molecular flexibility index (Phi) is 4.55. The third-order valence-corrected chi connectivity index (χ3v) is 5.22. The Bertz CT molecular complexity index is 549. The van der Waals surface area contributed by atoms with Crippen LogP contribution in [0.25, 0.3) is 0 Å². The van der Waals surface area contributed by atoms with E-state index in [9.17, 15) is 13.9 Å². The molecule has 22 heavy (non-hydrogen) atoms. The molecule has 1 aromatic carbocycles. The van der Waals surface area contributed by atoms with Gasteiger partial charge in [-0.2, -0.15) is 8.78 Å². The molecule has 0 aromatic heterocycles. The van der Waals surface area contributed by atoms with Crippen LogP contribution in [0.3, 0.4) is 0 Å². The van der Waals surface area contributed by atoms with E-state index in [1.165, 1.54) is 12.8 Å². The van der Waals surface area contributed by atoms with Gasteiger partial charge in [0.05, 0.1) is 6.61 Å². The summed E-state index contributed by atoms with van der Waals surface area (Å²) in [4.78, 5) is 0. The number of ether oxygens (including phenoxy) is 1. The number of hydrogen-bond donors (Lipinski definition) is 1. The van der Waals surface area contributed by atoms with Crippen LogP contribution in [0.5, 0.6) is 11.5 Å². The molecular weight excluding hydrogens is 286 g/mol. The Morgan fingerprint density at radius 2 is 1.86 bits per heavy atom. The number of fused-ring (bicyclic) bond motifs is 1. The van der Waals surface area contributed by atoms with Crippen molar-refractivity contribution in [2.45, 2.75) is 64.2 Å². The quantitative estimate of drug-likeness (QED) is 0.844. The molecule has 2 aliphatic rings. The van der Waals surface area contributed by atoms with Crippen molar-refractivity contribution >= 4 is 0 Å². The van der Waals surface area contributed by atoms with Gasteiger partial charge < -0.3 is 9.84 Å². The van der Waals surface area contributed by atoms with Crippen LogP contribution in [0.4, 0.5) is 8.78 Å². The van der Waals surface area contributed by atoms with Crippen molar-refractivity contribution in [3.8, 4) is 11.5 Å². The molecule has 1 heterocycles. The zero-order chi connectivity index (χ0) is 15.7. The fourth-order valence-corrected chi connectivity index (χ4v) is 4.13. The fraction of sp³-hybridized carbons (Fsp3) is 0.667. The summed E-state index contributed by atoms with van der Waals surface area (Å²) in [6.07, 6.45) is 7.96. The second-order valence-corrected chi connectivity index (χ2v) is 6.66. The van der Waals surface area contributed by atoms with E-state index >= 15 is 0 Å². The monoisotopic (exact) mass is 310 g/mol. The predicted molar refractivity (Wildman–Crippen MR) is 81.4 cm³/mol. The van der Waals surface area contributed by atoms with Crippen molar-refractivity contribution in [3.63, 3.8) is 0 Å². The minimum Gasteiger partial charge on any atom is -0.505 e. The van der Waals surface area contributed by atoms with Crippen molar-refractivity contribution in [2.75, 3.05) is 6.61 Å². The molecule has 122 valence electrons. The number of phenols is 1. The SMILES string of the molecule is CCCC1CCC(c2c(O)c(F)c(F)c3c2CCCO3)CC1. The average Bonchev–Trinajstić information content (AvgIpc) is 2.55. The molecule has 0 radical (unpaired) electrons. The molecule has 1 aliphatic carbocycles. The number of phenolic OH excluding ortho intramolecular Hbond substituents is 1. The van der Waals surface area contributed by atoms with Crippen LogP contribution in [0.2, 0.25) is 0 Å². The molecule has 2 nitrogen and oxygen atoms in total. The highest BCUT2D eigenvalue weighted by molar-refractivity contribution is 5.52. The molecule has 0 atom stereocenters. The van der Waals surface area contributed by atoms with Gasteiger partial charge in [-0.1, -0.05) is 19.8 Å². The lowest BCUT2D eigenvalue weighted by molar-refractivity contribution is 0.256. The molecule has 1 saturated carbocycles. The smallest absolute Gasteiger partial charge is 0.204 e. The van der Waals surface area contributed by atoms with E-state index in [1.54, 1.807) is 0 Å². The first kappa shape index (κ1) is 15.6. The van der Waals surface area contributed by atoms with Gasteiger partial charge in [-0.3, -0.25) is 0 Å². The van der Waals surface area contributed by atoms with Crippen molar-refractivity contribution in [1.29, 1.82) is 0 Å². The number of halogens is 2. The van der Waals surface area contributed by atoms with E-state index in [0.29, 0.717) is 24.2 Å². The van der Waals surface area contributed by atoms with E-state index in [4.69, 9.17) is 4.74 Å². The largest absolute Gasteiger partial charge is 0.505 e. The lowest BCUT2D eigenvalue weighted by atomic mass is 9.75. The van der Waals surface area contributed by atoms with Gasteiger partial charge in [0.25, 0.3) is 0 Å². The first-order chi connectivity index (χ1) is 10.6. The van der Waals surface area contributed by atoms with Crippen molar-refractivity contribution < 1.29 is 18.6 Å². The predicted octanol–water partition coefficient (Wildman–Crippen LogP) is 5.07. The van der Waals surface area contributed by atoms with Crippen LogP contribution in [-0.2, 0) is 6.42 Å². The maximum absolute atomic E-state index is 14.0. The highest BCUT2D eigenvalue weighted by Crippen LogP contribution is 2.47. The summed E-state index contributed by atoms with van der Waals surface area (Å²) in [6, 6.07) is 0. The first-order valence-corrected chi connectivity index (χ1v) is 8.48. The Morgan fingerprint density at radius 1 is 1.14 bits per heavy atom. The summed E-state index contributed by atoms with van der Waals surface area (Å²) >= 11 is 0. The summed E-state index contributed by atoms with van der Waals surface area (Å²) < 4.78 is 33.4. The Balaban J connectivity index is 1.92. The van der Waals surface area contributed by atoms with Gasteiger partial charge in [0.15, 0.2) is 11.5 Å². The lowest BCUT2D eigenvalue weighted by Crippen LogP contribution is -2.19. The van der Waals surface area contributed by atoms with Gasteiger partial charge in [0.2, 0.25) is 11.6 Å². The summed E-state index contributed by atoms with van der Waals surface area (Å²) in [5, 5.41) is 10.2. The van der Waals surface area contributed by atoms with Crippen molar-refractivity contribution in [2.24, 2.45) is 5.92 Å². The first-order valence-electron chi connectivity index (χ1n) is 8.48. The average molecular weight is 310 g/mol. The molecule has 0 amide bonds. The molecule has 0 spiro atoms. The molecule has 0 bridgehead atoms. The van der Waals surface area contributed by atoms with Crippen molar-refractivity contribution in [3.05, 3.63) is 22.8 Å². The topological polar surface area (TPSA) is 29.5 Å². The van der Waals surface area contributed by atoms with E-state index < -0.39 is 17.4 Å². The van der Waals surface area contributed by atoms with E-state index in [1.807, 2.05) is 0 Å². The van der Waals surface area contributed by atoms with E-state index in [0.717, 1.165) is 38.0 Å². The summed E-state index contributed by atoms with van der Waals surface area (Å²) in [5.74, 6) is -1.77. The summed E-state index contributed by atoms with van der Waals surface area (Å²) in [6.45, 7) is 2.61. The van der Waals surface area contributed by atoms with Crippen molar-refractivity contribution in [1.82, 2.24) is 0 Å².